The number of carbonyl (C=O) groups excluding carboxylic acids is 2. The molecule has 0 radical (unpaired) electrons. The molecule has 0 atom stereocenters. The van der Waals surface area contributed by atoms with Crippen LogP contribution in [0.3, 0.4) is 0 Å². The van der Waals surface area contributed by atoms with Crippen molar-refractivity contribution >= 4 is 17.6 Å². The van der Waals surface area contributed by atoms with Gasteiger partial charge in [-0.25, -0.2) is 0 Å². The van der Waals surface area contributed by atoms with E-state index in [0.717, 1.165) is 25.9 Å². The number of esters is 1. The Morgan fingerprint density at radius 2 is 1.57 bits per heavy atom. The average molecular weight is 380 g/mol. The predicted octanol–water partition coefficient (Wildman–Crippen LogP) is 4.36. The number of anilines is 1. The summed E-state index contributed by atoms with van der Waals surface area (Å²) in [4.78, 5) is 24.4. The van der Waals surface area contributed by atoms with Gasteiger partial charge in [0.1, 0.15) is 5.75 Å². The van der Waals surface area contributed by atoms with Crippen LogP contribution in [0.25, 0.3) is 0 Å². The molecular formula is C23H28N2O3. The highest BCUT2D eigenvalue weighted by Crippen LogP contribution is 2.26. The second-order valence-electron chi connectivity index (χ2n) is 8.26. The second-order valence-corrected chi connectivity index (χ2v) is 8.26. The molecule has 1 aliphatic rings. The minimum absolute atomic E-state index is 0.156. The molecule has 5 heteroatoms. The van der Waals surface area contributed by atoms with Crippen molar-refractivity contribution < 1.29 is 14.3 Å². The van der Waals surface area contributed by atoms with E-state index in [1.807, 2.05) is 12.1 Å². The third-order valence-electron chi connectivity index (χ3n) is 4.92. The molecule has 1 fully saturated rings. The summed E-state index contributed by atoms with van der Waals surface area (Å²) in [7, 11) is 0. The van der Waals surface area contributed by atoms with Gasteiger partial charge in [-0.15, -0.1) is 0 Å². The minimum Gasteiger partial charge on any atom is -0.426 e. The van der Waals surface area contributed by atoms with Crippen molar-refractivity contribution in [2.45, 2.75) is 39.5 Å². The summed E-state index contributed by atoms with van der Waals surface area (Å²) in [5.41, 5.74) is 2.01. The maximum absolute atomic E-state index is 12.5. The van der Waals surface area contributed by atoms with Gasteiger partial charge in [0.25, 0.3) is 5.91 Å². The van der Waals surface area contributed by atoms with E-state index in [4.69, 9.17) is 4.74 Å². The summed E-state index contributed by atoms with van der Waals surface area (Å²) < 4.78 is 5.34. The zero-order valence-corrected chi connectivity index (χ0v) is 16.7. The lowest BCUT2D eigenvalue weighted by Crippen LogP contribution is -2.26. The molecular weight excluding hydrogens is 352 g/mol. The SMILES string of the molecule is CC(C)(C)C(=O)Oc1ccc(NC(=O)c2ccc(C3CCNCC3)cc2)cc1. The Bertz CT molecular complexity index is 814. The normalized spacial score (nSPS) is 15.1. The summed E-state index contributed by atoms with van der Waals surface area (Å²) in [6.45, 7) is 7.52. The van der Waals surface area contributed by atoms with Crippen LogP contribution in [0.4, 0.5) is 5.69 Å². The van der Waals surface area contributed by atoms with E-state index in [0.29, 0.717) is 22.9 Å². The van der Waals surface area contributed by atoms with Crippen molar-refractivity contribution in [2.24, 2.45) is 5.41 Å². The molecule has 1 amide bonds. The van der Waals surface area contributed by atoms with Crippen molar-refractivity contribution in [3.05, 3.63) is 59.7 Å². The van der Waals surface area contributed by atoms with Crippen molar-refractivity contribution in [3.8, 4) is 5.75 Å². The van der Waals surface area contributed by atoms with Crippen molar-refractivity contribution in [3.63, 3.8) is 0 Å². The number of carbonyl (C=O) groups is 2. The fourth-order valence-electron chi connectivity index (χ4n) is 3.13. The molecule has 0 spiro atoms. The van der Waals surface area contributed by atoms with E-state index >= 15 is 0 Å². The molecule has 28 heavy (non-hydrogen) atoms. The maximum atomic E-state index is 12.5. The van der Waals surface area contributed by atoms with Crippen molar-refractivity contribution in [1.29, 1.82) is 0 Å². The Hall–Kier alpha value is -2.66. The lowest BCUT2D eigenvalue weighted by atomic mass is 9.90. The van der Waals surface area contributed by atoms with Crippen LogP contribution in [0.2, 0.25) is 0 Å². The van der Waals surface area contributed by atoms with Crippen LogP contribution in [0, 0.1) is 5.41 Å². The number of nitrogens with one attached hydrogen (secondary N) is 2. The van der Waals surface area contributed by atoms with Gasteiger partial charge >= 0.3 is 5.97 Å². The summed E-state index contributed by atoms with van der Waals surface area (Å²) >= 11 is 0. The van der Waals surface area contributed by atoms with Crippen molar-refractivity contribution in [2.75, 3.05) is 18.4 Å². The highest BCUT2D eigenvalue weighted by Gasteiger charge is 2.23. The third-order valence-corrected chi connectivity index (χ3v) is 4.92. The molecule has 1 heterocycles. The van der Waals surface area contributed by atoms with Gasteiger partial charge < -0.3 is 15.4 Å². The Kier molecular flexibility index (Phi) is 6.15. The largest absolute Gasteiger partial charge is 0.426 e. The third kappa shape index (κ3) is 5.20. The zero-order valence-electron chi connectivity index (χ0n) is 16.7. The summed E-state index contributed by atoms with van der Waals surface area (Å²) in [5, 5.41) is 6.25. The number of hydrogen-bond donors (Lipinski definition) is 2. The molecule has 0 aromatic heterocycles. The molecule has 1 aliphatic heterocycles. The quantitative estimate of drug-likeness (QED) is 0.611. The molecule has 2 aromatic carbocycles. The Morgan fingerprint density at radius 3 is 2.14 bits per heavy atom. The first kappa shape index (κ1) is 20.1. The van der Waals surface area contributed by atoms with Gasteiger partial charge in [-0.2, -0.15) is 0 Å². The highest BCUT2D eigenvalue weighted by atomic mass is 16.5. The molecule has 0 aliphatic carbocycles. The van der Waals surface area contributed by atoms with Gasteiger partial charge in [0.15, 0.2) is 0 Å². The first-order valence-corrected chi connectivity index (χ1v) is 9.77. The number of piperidine rings is 1. The smallest absolute Gasteiger partial charge is 0.316 e. The predicted molar refractivity (Wildman–Crippen MR) is 111 cm³/mol. The monoisotopic (exact) mass is 380 g/mol. The number of hydrogen-bond acceptors (Lipinski definition) is 4. The first-order valence-electron chi connectivity index (χ1n) is 9.77. The molecule has 5 nitrogen and oxygen atoms in total. The van der Waals surface area contributed by atoms with Crippen LogP contribution >= 0.6 is 0 Å². The molecule has 2 N–H and O–H groups in total. The molecule has 1 saturated heterocycles. The second kappa shape index (κ2) is 8.57. The molecule has 0 unspecified atom stereocenters. The molecule has 0 bridgehead atoms. The fraction of sp³-hybridized carbons (Fsp3) is 0.391. The van der Waals surface area contributed by atoms with E-state index in [1.54, 1.807) is 45.0 Å². The highest BCUT2D eigenvalue weighted by molar-refractivity contribution is 6.04. The Balaban J connectivity index is 1.59. The summed E-state index contributed by atoms with van der Waals surface area (Å²) in [5.74, 6) is 0.584. The van der Waals surface area contributed by atoms with Crippen molar-refractivity contribution in [1.82, 2.24) is 5.32 Å². The first-order chi connectivity index (χ1) is 13.3. The van der Waals surface area contributed by atoms with Crippen LogP contribution in [0.1, 0.15) is 55.5 Å². The molecule has 3 rings (SSSR count). The summed E-state index contributed by atoms with van der Waals surface area (Å²) in [6, 6.07) is 14.7. The molecule has 2 aromatic rings. The lowest BCUT2D eigenvalue weighted by Gasteiger charge is -2.23. The van der Waals surface area contributed by atoms with E-state index in [9.17, 15) is 9.59 Å². The van der Waals surface area contributed by atoms with Crippen LogP contribution in [0.15, 0.2) is 48.5 Å². The molecule has 0 saturated carbocycles. The van der Waals surface area contributed by atoms with E-state index in [1.165, 1.54) is 5.56 Å². The standard InChI is InChI=1S/C23H28N2O3/c1-23(2,3)22(27)28-20-10-8-19(9-11-20)25-21(26)18-6-4-16(5-7-18)17-12-14-24-15-13-17/h4-11,17,24H,12-15H2,1-3H3,(H,25,26). The topological polar surface area (TPSA) is 67.4 Å². The number of ether oxygens (including phenoxy) is 1. The van der Waals surface area contributed by atoms with E-state index < -0.39 is 5.41 Å². The fourth-order valence-corrected chi connectivity index (χ4v) is 3.13. The van der Waals surface area contributed by atoms with Crippen LogP contribution < -0.4 is 15.4 Å². The van der Waals surface area contributed by atoms with Gasteiger partial charge in [0.05, 0.1) is 5.41 Å². The Labute approximate surface area is 166 Å². The van der Waals surface area contributed by atoms with Gasteiger partial charge in [-0.1, -0.05) is 12.1 Å². The van der Waals surface area contributed by atoms with E-state index in [2.05, 4.69) is 22.8 Å². The Morgan fingerprint density at radius 1 is 0.964 bits per heavy atom. The zero-order chi connectivity index (χ0) is 20.1. The van der Waals surface area contributed by atoms with Gasteiger partial charge in [-0.05, 0) is 94.6 Å². The maximum Gasteiger partial charge on any atom is 0.316 e. The minimum atomic E-state index is -0.562. The van der Waals surface area contributed by atoms with Gasteiger partial charge in [-0.3, -0.25) is 9.59 Å². The number of amides is 1. The lowest BCUT2D eigenvalue weighted by molar-refractivity contribution is -0.143. The van der Waals surface area contributed by atoms with Crippen LogP contribution in [0.5, 0.6) is 5.75 Å². The van der Waals surface area contributed by atoms with Crippen LogP contribution in [-0.2, 0) is 4.79 Å². The molecule has 148 valence electrons. The van der Waals surface area contributed by atoms with Gasteiger partial charge in [0.2, 0.25) is 0 Å². The van der Waals surface area contributed by atoms with Crippen LogP contribution in [-0.4, -0.2) is 25.0 Å². The van der Waals surface area contributed by atoms with Gasteiger partial charge in [0, 0.05) is 11.3 Å². The average Bonchev–Trinajstić information content (AvgIpc) is 2.69. The number of benzene rings is 2. The summed E-state index contributed by atoms with van der Waals surface area (Å²) in [6.07, 6.45) is 2.27. The number of rotatable bonds is 4. The van der Waals surface area contributed by atoms with E-state index in [-0.39, 0.29) is 11.9 Å².